The van der Waals surface area contributed by atoms with Crippen LogP contribution in [0.2, 0.25) is 0 Å². The third-order valence-corrected chi connectivity index (χ3v) is 4.74. The molecule has 108 valence electrons. The van der Waals surface area contributed by atoms with Crippen molar-refractivity contribution in [3.63, 3.8) is 0 Å². The Bertz CT molecular complexity index is 476. The highest BCUT2D eigenvalue weighted by atomic mass is 16.5. The summed E-state index contributed by atoms with van der Waals surface area (Å²) in [4.78, 5) is 12.2. The van der Waals surface area contributed by atoms with E-state index in [0.29, 0.717) is 6.04 Å². The average Bonchev–Trinajstić information content (AvgIpc) is 2.83. The molecular formula is C16H21NO3. The Labute approximate surface area is 119 Å². The Morgan fingerprint density at radius 3 is 2.55 bits per heavy atom. The molecule has 0 radical (unpaired) electrons. The first-order valence-corrected chi connectivity index (χ1v) is 7.16. The van der Waals surface area contributed by atoms with Crippen molar-refractivity contribution >= 4 is 5.97 Å². The number of methoxy groups -OCH3 is 2. The van der Waals surface area contributed by atoms with Gasteiger partial charge in [-0.3, -0.25) is 4.79 Å². The molecule has 4 heteroatoms. The Morgan fingerprint density at radius 2 is 1.90 bits per heavy atom. The number of ether oxygens (including phenoxy) is 2. The number of hydrogen-bond acceptors (Lipinski definition) is 4. The topological polar surface area (TPSA) is 47.6 Å². The maximum Gasteiger partial charge on any atom is 0.310 e. The fourth-order valence-electron chi connectivity index (χ4n) is 3.80. The van der Waals surface area contributed by atoms with E-state index in [-0.39, 0.29) is 30.0 Å². The van der Waals surface area contributed by atoms with Gasteiger partial charge in [-0.25, -0.2) is 0 Å². The van der Waals surface area contributed by atoms with E-state index in [1.807, 2.05) is 18.2 Å². The standard InChI is InChI=1S/C16H21NO3/c1-19-14-9-13-15(16(18)20-2)11(8-12(14)17-13)10-6-4-3-5-7-10/h3-7,11-15,17H,8-9H2,1-2H3/t11-,12?,13?,14?,15-/m0/s1. The van der Waals surface area contributed by atoms with Crippen LogP contribution in [0.25, 0.3) is 0 Å². The second-order valence-electron chi connectivity index (χ2n) is 5.69. The van der Waals surface area contributed by atoms with Crippen LogP contribution in [0.15, 0.2) is 30.3 Å². The van der Waals surface area contributed by atoms with Crippen molar-refractivity contribution in [2.75, 3.05) is 14.2 Å². The summed E-state index contributed by atoms with van der Waals surface area (Å²) in [5.74, 6) is -0.0367. The fourth-order valence-corrected chi connectivity index (χ4v) is 3.80. The summed E-state index contributed by atoms with van der Waals surface area (Å²) < 4.78 is 10.6. The zero-order valence-corrected chi connectivity index (χ0v) is 11.9. The summed E-state index contributed by atoms with van der Waals surface area (Å²) in [5, 5.41) is 3.53. The molecule has 0 spiro atoms. The minimum Gasteiger partial charge on any atom is -0.469 e. The summed E-state index contributed by atoms with van der Waals surface area (Å²) in [6.07, 6.45) is 1.99. The third-order valence-electron chi connectivity index (χ3n) is 4.74. The van der Waals surface area contributed by atoms with Crippen LogP contribution >= 0.6 is 0 Å². The number of hydrogen-bond donors (Lipinski definition) is 1. The van der Waals surface area contributed by atoms with Gasteiger partial charge in [-0.15, -0.1) is 0 Å². The first-order valence-electron chi connectivity index (χ1n) is 7.16. The quantitative estimate of drug-likeness (QED) is 0.853. The molecule has 1 aromatic rings. The number of fused-ring (bicyclic) bond motifs is 2. The van der Waals surface area contributed by atoms with Crippen molar-refractivity contribution in [1.29, 1.82) is 0 Å². The molecule has 2 saturated heterocycles. The largest absolute Gasteiger partial charge is 0.469 e. The molecule has 0 aliphatic carbocycles. The molecule has 4 nitrogen and oxygen atoms in total. The van der Waals surface area contributed by atoms with Crippen LogP contribution in [-0.2, 0) is 14.3 Å². The van der Waals surface area contributed by atoms with E-state index < -0.39 is 0 Å². The molecular weight excluding hydrogens is 254 g/mol. The molecule has 2 bridgehead atoms. The molecule has 1 aromatic carbocycles. The first kappa shape index (κ1) is 13.6. The van der Waals surface area contributed by atoms with Crippen LogP contribution in [0.5, 0.6) is 0 Å². The minimum absolute atomic E-state index is 0.119. The number of rotatable bonds is 3. The van der Waals surface area contributed by atoms with Crippen LogP contribution in [0, 0.1) is 5.92 Å². The summed E-state index contributed by atoms with van der Waals surface area (Å²) in [7, 11) is 3.22. The summed E-state index contributed by atoms with van der Waals surface area (Å²) in [6.45, 7) is 0. The van der Waals surface area contributed by atoms with Gasteiger partial charge in [0, 0.05) is 25.1 Å². The Morgan fingerprint density at radius 1 is 1.15 bits per heavy atom. The van der Waals surface area contributed by atoms with E-state index in [1.165, 1.54) is 12.7 Å². The Hall–Kier alpha value is -1.39. The number of carbonyl (C=O) groups is 1. The van der Waals surface area contributed by atoms with E-state index in [1.54, 1.807) is 7.11 Å². The molecule has 2 aliphatic heterocycles. The minimum atomic E-state index is -0.126. The van der Waals surface area contributed by atoms with E-state index >= 15 is 0 Å². The van der Waals surface area contributed by atoms with Gasteiger partial charge in [-0.05, 0) is 18.4 Å². The predicted octanol–water partition coefficient (Wildman–Crippen LogP) is 1.71. The maximum absolute atomic E-state index is 12.2. The lowest BCUT2D eigenvalue weighted by Gasteiger charge is -2.36. The van der Waals surface area contributed by atoms with Gasteiger partial charge in [-0.2, -0.15) is 0 Å². The van der Waals surface area contributed by atoms with Crippen molar-refractivity contribution in [2.24, 2.45) is 5.92 Å². The van der Waals surface area contributed by atoms with Gasteiger partial charge >= 0.3 is 5.97 Å². The number of piperidine rings is 1. The van der Waals surface area contributed by atoms with Crippen molar-refractivity contribution < 1.29 is 14.3 Å². The number of carbonyl (C=O) groups excluding carboxylic acids is 1. The van der Waals surface area contributed by atoms with E-state index in [4.69, 9.17) is 9.47 Å². The molecule has 0 saturated carbocycles. The number of benzene rings is 1. The highest BCUT2D eigenvalue weighted by Gasteiger charge is 2.50. The van der Waals surface area contributed by atoms with Crippen molar-refractivity contribution in [1.82, 2.24) is 5.32 Å². The van der Waals surface area contributed by atoms with Crippen LogP contribution in [0.4, 0.5) is 0 Å². The number of esters is 1. The maximum atomic E-state index is 12.2. The molecule has 2 fully saturated rings. The van der Waals surface area contributed by atoms with Gasteiger partial charge in [0.1, 0.15) is 0 Å². The lowest BCUT2D eigenvalue weighted by atomic mass is 9.77. The molecule has 0 amide bonds. The molecule has 20 heavy (non-hydrogen) atoms. The summed E-state index contributed by atoms with van der Waals surface area (Å²) in [6, 6.07) is 10.8. The summed E-state index contributed by atoms with van der Waals surface area (Å²) >= 11 is 0. The zero-order valence-electron chi connectivity index (χ0n) is 11.9. The molecule has 2 aliphatic rings. The van der Waals surface area contributed by atoms with Crippen molar-refractivity contribution in [2.45, 2.75) is 36.9 Å². The van der Waals surface area contributed by atoms with Crippen LogP contribution < -0.4 is 5.32 Å². The van der Waals surface area contributed by atoms with E-state index in [9.17, 15) is 4.79 Å². The molecule has 1 N–H and O–H groups in total. The third kappa shape index (κ3) is 2.23. The monoisotopic (exact) mass is 275 g/mol. The van der Waals surface area contributed by atoms with Gasteiger partial charge in [0.05, 0.1) is 19.1 Å². The highest BCUT2D eigenvalue weighted by Crippen LogP contribution is 2.43. The van der Waals surface area contributed by atoms with Gasteiger partial charge in [0.15, 0.2) is 0 Å². The van der Waals surface area contributed by atoms with Gasteiger partial charge in [-0.1, -0.05) is 30.3 Å². The van der Waals surface area contributed by atoms with Crippen LogP contribution in [-0.4, -0.2) is 38.4 Å². The van der Waals surface area contributed by atoms with E-state index in [2.05, 4.69) is 17.4 Å². The SMILES string of the molecule is COC(=O)[C@@H]1C2CC(OC)C(C[C@H]1c1ccccc1)N2. The van der Waals surface area contributed by atoms with Crippen LogP contribution in [0.3, 0.4) is 0 Å². The zero-order chi connectivity index (χ0) is 14.1. The average molecular weight is 275 g/mol. The molecule has 0 aromatic heterocycles. The van der Waals surface area contributed by atoms with Crippen molar-refractivity contribution in [3.05, 3.63) is 35.9 Å². The smallest absolute Gasteiger partial charge is 0.310 e. The van der Waals surface area contributed by atoms with Gasteiger partial charge < -0.3 is 14.8 Å². The number of nitrogens with one attached hydrogen (secondary N) is 1. The van der Waals surface area contributed by atoms with Gasteiger partial charge in [0.2, 0.25) is 0 Å². The van der Waals surface area contributed by atoms with E-state index in [0.717, 1.165) is 12.8 Å². The van der Waals surface area contributed by atoms with Crippen molar-refractivity contribution in [3.8, 4) is 0 Å². The van der Waals surface area contributed by atoms with Crippen LogP contribution in [0.1, 0.15) is 24.3 Å². The molecule has 3 rings (SSSR count). The normalized spacial score (nSPS) is 35.8. The molecule has 5 atom stereocenters. The highest BCUT2D eigenvalue weighted by molar-refractivity contribution is 5.75. The lowest BCUT2D eigenvalue weighted by Crippen LogP contribution is -2.49. The molecule has 2 heterocycles. The Balaban J connectivity index is 1.92. The van der Waals surface area contributed by atoms with Gasteiger partial charge in [0.25, 0.3) is 0 Å². The first-order chi connectivity index (χ1) is 9.74. The fraction of sp³-hybridized carbons (Fsp3) is 0.562. The lowest BCUT2D eigenvalue weighted by molar-refractivity contribution is -0.148. The second-order valence-corrected chi connectivity index (χ2v) is 5.69. The second kappa shape index (κ2) is 5.54. The predicted molar refractivity (Wildman–Crippen MR) is 75.4 cm³/mol. The summed E-state index contributed by atoms with van der Waals surface area (Å²) in [5.41, 5.74) is 1.22. The molecule has 3 unspecified atom stereocenters. The Kier molecular flexibility index (Phi) is 3.76.